The van der Waals surface area contributed by atoms with Gasteiger partial charge >= 0.3 is 0 Å². The Labute approximate surface area is 116 Å². The Balaban J connectivity index is 2.38. The van der Waals surface area contributed by atoms with Gasteiger partial charge < -0.3 is 4.74 Å². The fourth-order valence-corrected chi connectivity index (χ4v) is 2.06. The molecule has 2 rings (SSSR count). The first-order valence-corrected chi connectivity index (χ1v) is 7.14. The Kier molecular flexibility index (Phi) is 3.84. The number of fused-ring (bicyclic) bond motifs is 1. The lowest BCUT2D eigenvalue weighted by Gasteiger charge is -2.25. The van der Waals surface area contributed by atoms with Crippen LogP contribution in [0, 0.1) is 0 Å². The summed E-state index contributed by atoms with van der Waals surface area (Å²) >= 11 is 0. The summed E-state index contributed by atoms with van der Waals surface area (Å²) < 4.78 is 6.06. The number of hydrogen-bond donors (Lipinski definition) is 0. The van der Waals surface area contributed by atoms with E-state index in [1.54, 1.807) is 0 Å². The van der Waals surface area contributed by atoms with Crippen molar-refractivity contribution in [3.8, 4) is 5.75 Å². The molecule has 0 saturated carbocycles. The predicted molar refractivity (Wildman–Crippen MR) is 83.0 cm³/mol. The van der Waals surface area contributed by atoms with Crippen LogP contribution in [0.3, 0.4) is 0 Å². The highest BCUT2D eigenvalue weighted by Crippen LogP contribution is 2.27. The molecule has 0 aliphatic heterocycles. The van der Waals surface area contributed by atoms with Gasteiger partial charge in [-0.1, -0.05) is 45.0 Å². The van der Waals surface area contributed by atoms with Crippen molar-refractivity contribution < 1.29 is 4.74 Å². The summed E-state index contributed by atoms with van der Waals surface area (Å²) in [7, 11) is 0. The van der Waals surface area contributed by atoms with E-state index in [-0.39, 0.29) is 5.60 Å². The fraction of sp³-hybridized carbons (Fsp3) is 0.444. The minimum atomic E-state index is -0.108. The third kappa shape index (κ3) is 3.28. The molecule has 0 heterocycles. The smallest absolute Gasteiger partial charge is 0.120 e. The second-order valence-electron chi connectivity index (χ2n) is 6.14. The quantitative estimate of drug-likeness (QED) is 0.698. The average molecular weight is 256 g/mol. The molecule has 2 aromatic carbocycles. The molecule has 0 aromatic heterocycles. The monoisotopic (exact) mass is 256 g/mol. The zero-order valence-electron chi connectivity index (χ0n) is 12.7. The number of benzene rings is 2. The van der Waals surface area contributed by atoms with E-state index in [0.29, 0.717) is 5.92 Å². The lowest BCUT2D eigenvalue weighted by molar-refractivity contribution is 0.105. The lowest BCUT2D eigenvalue weighted by atomic mass is 9.99. The van der Waals surface area contributed by atoms with Gasteiger partial charge in [-0.15, -0.1) is 0 Å². The topological polar surface area (TPSA) is 9.23 Å². The molecule has 1 nitrogen and oxygen atoms in total. The maximum atomic E-state index is 6.06. The molecular weight excluding hydrogens is 232 g/mol. The molecule has 0 N–H and O–H groups in total. The van der Waals surface area contributed by atoms with Crippen molar-refractivity contribution >= 4 is 10.8 Å². The van der Waals surface area contributed by atoms with E-state index in [1.807, 2.05) is 0 Å². The van der Waals surface area contributed by atoms with Crippen molar-refractivity contribution in [1.82, 2.24) is 0 Å². The molecule has 0 atom stereocenters. The Morgan fingerprint density at radius 2 is 1.68 bits per heavy atom. The minimum absolute atomic E-state index is 0.108. The zero-order chi connectivity index (χ0) is 14.0. The largest absolute Gasteiger partial charge is 0.488 e. The summed E-state index contributed by atoms with van der Waals surface area (Å²) in [5.74, 6) is 1.52. The molecule has 0 bridgehead atoms. The van der Waals surface area contributed by atoms with Gasteiger partial charge in [0.1, 0.15) is 11.4 Å². The van der Waals surface area contributed by atoms with Crippen molar-refractivity contribution in [3.05, 3.63) is 42.0 Å². The predicted octanol–water partition coefficient (Wildman–Crippen LogP) is 5.53. The van der Waals surface area contributed by atoms with E-state index in [2.05, 4.69) is 71.0 Å². The number of rotatable bonds is 4. The Hall–Kier alpha value is -1.50. The zero-order valence-corrected chi connectivity index (χ0v) is 12.7. The highest BCUT2D eigenvalue weighted by atomic mass is 16.5. The van der Waals surface area contributed by atoms with Crippen molar-refractivity contribution in [3.63, 3.8) is 0 Å². The van der Waals surface area contributed by atoms with Crippen LogP contribution in [0.5, 0.6) is 5.75 Å². The standard InChI is InChI=1S/C18H24O/c1-6-18(4,5)19-17-10-9-14-7-8-15(13(2)3)11-16(14)12-17/h7-13H,6H2,1-5H3. The summed E-state index contributed by atoms with van der Waals surface area (Å²) in [4.78, 5) is 0. The SMILES string of the molecule is CCC(C)(C)Oc1ccc2ccc(C(C)C)cc2c1. The van der Waals surface area contributed by atoms with E-state index in [1.165, 1.54) is 16.3 Å². The summed E-state index contributed by atoms with van der Waals surface area (Å²) in [6.45, 7) is 10.9. The fourth-order valence-electron chi connectivity index (χ4n) is 2.06. The molecule has 19 heavy (non-hydrogen) atoms. The molecular formula is C18H24O. The summed E-state index contributed by atoms with van der Waals surface area (Å²) in [6, 6.07) is 13.0. The molecule has 0 amide bonds. The van der Waals surface area contributed by atoms with Gasteiger partial charge in [-0.05, 0) is 54.7 Å². The maximum Gasteiger partial charge on any atom is 0.120 e. The van der Waals surface area contributed by atoms with Crippen molar-refractivity contribution in [2.45, 2.75) is 52.6 Å². The third-order valence-electron chi connectivity index (χ3n) is 3.75. The van der Waals surface area contributed by atoms with Crippen LogP contribution in [0.2, 0.25) is 0 Å². The van der Waals surface area contributed by atoms with Crippen LogP contribution >= 0.6 is 0 Å². The first kappa shape index (κ1) is 13.9. The van der Waals surface area contributed by atoms with Crippen molar-refractivity contribution in [2.24, 2.45) is 0 Å². The van der Waals surface area contributed by atoms with Gasteiger partial charge in [0.2, 0.25) is 0 Å². The van der Waals surface area contributed by atoms with Crippen molar-refractivity contribution in [2.75, 3.05) is 0 Å². The van der Waals surface area contributed by atoms with Crippen LogP contribution in [-0.2, 0) is 0 Å². The van der Waals surface area contributed by atoms with Gasteiger partial charge in [0.25, 0.3) is 0 Å². The molecule has 0 spiro atoms. The van der Waals surface area contributed by atoms with Crippen molar-refractivity contribution in [1.29, 1.82) is 0 Å². The van der Waals surface area contributed by atoms with Crippen LogP contribution in [0.25, 0.3) is 10.8 Å². The Morgan fingerprint density at radius 1 is 1.00 bits per heavy atom. The Bertz CT molecular complexity index is 567. The van der Waals surface area contributed by atoms with E-state index < -0.39 is 0 Å². The van der Waals surface area contributed by atoms with E-state index in [0.717, 1.165) is 12.2 Å². The van der Waals surface area contributed by atoms with Crippen LogP contribution in [-0.4, -0.2) is 5.60 Å². The first-order chi connectivity index (χ1) is 8.91. The second-order valence-corrected chi connectivity index (χ2v) is 6.14. The van der Waals surface area contributed by atoms with Gasteiger partial charge in [-0.3, -0.25) is 0 Å². The molecule has 0 saturated heterocycles. The highest BCUT2D eigenvalue weighted by molar-refractivity contribution is 5.84. The van der Waals surface area contributed by atoms with Gasteiger partial charge in [-0.25, -0.2) is 0 Å². The number of ether oxygens (including phenoxy) is 1. The number of hydrogen-bond acceptors (Lipinski definition) is 1. The molecule has 0 aliphatic carbocycles. The lowest BCUT2D eigenvalue weighted by Crippen LogP contribution is -2.26. The molecule has 102 valence electrons. The van der Waals surface area contributed by atoms with Crippen LogP contribution in [0.4, 0.5) is 0 Å². The second kappa shape index (κ2) is 5.24. The minimum Gasteiger partial charge on any atom is -0.488 e. The molecule has 1 heteroatoms. The van der Waals surface area contributed by atoms with Gasteiger partial charge in [0, 0.05) is 0 Å². The molecule has 0 unspecified atom stereocenters. The molecule has 2 aromatic rings. The highest BCUT2D eigenvalue weighted by Gasteiger charge is 2.16. The van der Waals surface area contributed by atoms with E-state index in [4.69, 9.17) is 4.74 Å². The average Bonchev–Trinajstić information content (AvgIpc) is 2.37. The molecule has 0 aliphatic rings. The maximum absolute atomic E-state index is 6.06. The van der Waals surface area contributed by atoms with Gasteiger partial charge in [0.05, 0.1) is 0 Å². The van der Waals surface area contributed by atoms with E-state index >= 15 is 0 Å². The Morgan fingerprint density at radius 3 is 2.32 bits per heavy atom. The molecule has 0 radical (unpaired) electrons. The first-order valence-electron chi connectivity index (χ1n) is 7.14. The summed E-state index contributed by atoms with van der Waals surface area (Å²) in [5, 5.41) is 2.53. The van der Waals surface area contributed by atoms with Crippen LogP contribution in [0.1, 0.15) is 52.5 Å². The van der Waals surface area contributed by atoms with Crippen LogP contribution < -0.4 is 4.74 Å². The van der Waals surface area contributed by atoms with E-state index in [9.17, 15) is 0 Å². The third-order valence-corrected chi connectivity index (χ3v) is 3.75. The normalized spacial score (nSPS) is 12.1. The summed E-state index contributed by atoms with van der Waals surface area (Å²) in [5.41, 5.74) is 1.27. The van der Waals surface area contributed by atoms with Gasteiger partial charge in [0.15, 0.2) is 0 Å². The molecule has 0 fully saturated rings. The van der Waals surface area contributed by atoms with Crippen LogP contribution in [0.15, 0.2) is 36.4 Å². The summed E-state index contributed by atoms with van der Waals surface area (Å²) in [6.07, 6.45) is 0.997. The van der Waals surface area contributed by atoms with Gasteiger partial charge in [-0.2, -0.15) is 0 Å².